The molecular formula is C17H26N4O2S. The van der Waals surface area contributed by atoms with Gasteiger partial charge in [-0.05, 0) is 25.3 Å². The van der Waals surface area contributed by atoms with E-state index in [1.165, 1.54) is 4.88 Å². The van der Waals surface area contributed by atoms with Gasteiger partial charge in [-0.2, -0.15) is 0 Å². The number of hydrogen-bond donors (Lipinski definition) is 2. The van der Waals surface area contributed by atoms with Crippen LogP contribution in [-0.4, -0.2) is 60.5 Å². The van der Waals surface area contributed by atoms with Gasteiger partial charge in [0.1, 0.15) is 0 Å². The minimum Gasteiger partial charge on any atom is -0.355 e. The van der Waals surface area contributed by atoms with Crippen LogP contribution in [0.3, 0.4) is 0 Å². The topological polar surface area (TPSA) is 64.7 Å². The smallest absolute Gasteiger partial charge is 0.317 e. The Balaban J connectivity index is 1.75. The number of hydrogen-bond acceptors (Lipinski definition) is 4. The van der Waals surface area contributed by atoms with E-state index in [0.29, 0.717) is 26.1 Å². The Morgan fingerprint density at radius 3 is 2.88 bits per heavy atom. The van der Waals surface area contributed by atoms with Crippen molar-refractivity contribution in [1.82, 2.24) is 20.4 Å². The van der Waals surface area contributed by atoms with Gasteiger partial charge in [-0.3, -0.25) is 9.69 Å². The van der Waals surface area contributed by atoms with Crippen LogP contribution in [0, 0.1) is 5.41 Å². The summed E-state index contributed by atoms with van der Waals surface area (Å²) in [7, 11) is 0. The molecule has 3 heterocycles. The summed E-state index contributed by atoms with van der Waals surface area (Å²) in [5, 5.41) is 8.04. The van der Waals surface area contributed by atoms with E-state index in [0.717, 1.165) is 19.6 Å². The molecule has 1 aromatic heterocycles. The highest BCUT2D eigenvalue weighted by atomic mass is 32.1. The summed E-state index contributed by atoms with van der Waals surface area (Å²) in [6.07, 6.45) is 0.499. The monoisotopic (exact) mass is 350 g/mol. The highest BCUT2D eigenvalue weighted by Gasteiger charge is 2.43. The van der Waals surface area contributed by atoms with Crippen molar-refractivity contribution in [2.24, 2.45) is 5.41 Å². The summed E-state index contributed by atoms with van der Waals surface area (Å²) in [5.41, 5.74) is -0.181. The molecule has 24 heavy (non-hydrogen) atoms. The number of amides is 3. The largest absolute Gasteiger partial charge is 0.355 e. The van der Waals surface area contributed by atoms with Crippen molar-refractivity contribution < 1.29 is 9.59 Å². The summed E-state index contributed by atoms with van der Waals surface area (Å²) < 4.78 is 0. The van der Waals surface area contributed by atoms with E-state index in [1.54, 1.807) is 11.3 Å². The van der Waals surface area contributed by atoms with E-state index < -0.39 is 0 Å². The van der Waals surface area contributed by atoms with Gasteiger partial charge in [0.25, 0.3) is 0 Å². The van der Waals surface area contributed by atoms with E-state index in [2.05, 4.69) is 33.0 Å². The van der Waals surface area contributed by atoms with Crippen LogP contribution in [-0.2, 0) is 11.3 Å². The third kappa shape index (κ3) is 4.08. The van der Waals surface area contributed by atoms with Gasteiger partial charge in [0.2, 0.25) is 5.91 Å². The Kier molecular flexibility index (Phi) is 5.10. The molecule has 0 radical (unpaired) electrons. The quantitative estimate of drug-likeness (QED) is 0.868. The third-order valence-corrected chi connectivity index (χ3v) is 5.49. The Morgan fingerprint density at radius 1 is 1.42 bits per heavy atom. The van der Waals surface area contributed by atoms with Crippen molar-refractivity contribution in [2.45, 2.75) is 32.9 Å². The van der Waals surface area contributed by atoms with Crippen LogP contribution in [0.25, 0.3) is 0 Å². The number of nitrogens with one attached hydrogen (secondary N) is 2. The Hall–Kier alpha value is -1.60. The van der Waals surface area contributed by atoms with Crippen molar-refractivity contribution in [1.29, 1.82) is 0 Å². The van der Waals surface area contributed by atoms with Crippen molar-refractivity contribution in [2.75, 3.05) is 32.7 Å². The maximum absolute atomic E-state index is 12.5. The van der Waals surface area contributed by atoms with Gasteiger partial charge in [0.15, 0.2) is 0 Å². The second kappa shape index (κ2) is 7.11. The first kappa shape index (κ1) is 17.2. The zero-order valence-electron chi connectivity index (χ0n) is 14.4. The van der Waals surface area contributed by atoms with Crippen LogP contribution < -0.4 is 10.6 Å². The fourth-order valence-electron chi connectivity index (χ4n) is 3.59. The van der Waals surface area contributed by atoms with E-state index in [1.807, 2.05) is 18.7 Å². The van der Waals surface area contributed by atoms with Gasteiger partial charge in [-0.1, -0.05) is 6.07 Å². The molecule has 3 amide bonds. The summed E-state index contributed by atoms with van der Waals surface area (Å²) in [5.74, 6) is 0.0946. The van der Waals surface area contributed by atoms with Crippen LogP contribution in [0.2, 0.25) is 0 Å². The lowest BCUT2D eigenvalue weighted by Gasteiger charge is -2.33. The van der Waals surface area contributed by atoms with Crippen molar-refractivity contribution in [3.05, 3.63) is 22.4 Å². The predicted molar refractivity (Wildman–Crippen MR) is 94.9 cm³/mol. The molecular weight excluding hydrogens is 324 g/mol. The van der Waals surface area contributed by atoms with Gasteiger partial charge in [0, 0.05) is 62.0 Å². The predicted octanol–water partition coefficient (Wildman–Crippen LogP) is 1.49. The summed E-state index contributed by atoms with van der Waals surface area (Å²) in [4.78, 5) is 29.9. The molecule has 2 saturated heterocycles. The Morgan fingerprint density at radius 2 is 2.25 bits per heavy atom. The molecule has 6 nitrogen and oxygen atoms in total. The fraction of sp³-hybridized carbons (Fsp3) is 0.647. The van der Waals surface area contributed by atoms with E-state index >= 15 is 0 Å². The van der Waals surface area contributed by atoms with Gasteiger partial charge in [0.05, 0.1) is 0 Å². The standard InChI is InChI=1S/C17H26N4O2S/c1-13(2)19-16(23)21-6-5-20(9-14-4-3-7-24-14)11-17(12-21)8-15(22)18-10-17/h3-4,7,13H,5-6,8-12H2,1-2H3,(H,18,22)(H,19,23). The molecule has 0 saturated carbocycles. The average Bonchev–Trinajstić information content (AvgIpc) is 3.08. The zero-order valence-corrected chi connectivity index (χ0v) is 15.2. The van der Waals surface area contributed by atoms with Crippen molar-refractivity contribution in [3.8, 4) is 0 Å². The summed E-state index contributed by atoms with van der Waals surface area (Å²) >= 11 is 1.75. The van der Waals surface area contributed by atoms with Crippen LogP contribution in [0.5, 0.6) is 0 Å². The molecule has 3 rings (SSSR count). The van der Waals surface area contributed by atoms with E-state index in [4.69, 9.17) is 0 Å². The SMILES string of the molecule is CC(C)NC(=O)N1CCN(Cc2cccs2)CC2(CNC(=O)C2)C1. The number of nitrogens with zero attached hydrogens (tertiary/aromatic N) is 2. The molecule has 0 aliphatic carbocycles. The Bertz CT molecular complexity index is 589. The molecule has 0 bridgehead atoms. The molecule has 1 spiro atoms. The zero-order chi connectivity index (χ0) is 17.2. The minimum atomic E-state index is -0.181. The second-order valence-corrected chi connectivity index (χ2v) is 8.30. The fourth-order valence-corrected chi connectivity index (χ4v) is 4.34. The third-order valence-electron chi connectivity index (χ3n) is 4.63. The average molecular weight is 350 g/mol. The molecule has 1 atom stereocenters. The molecule has 1 aromatic rings. The molecule has 2 aliphatic rings. The molecule has 7 heteroatoms. The van der Waals surface area contributed by atoms with Crippen molar-refractivity contribution >= 4 is 23.3 Å². The van der Waals surface area contributed by atoms with Gasteiger partial charge in [-0.15, -0.1) is 11.3 Å². The maximum Gasteiger partial charge on any atom is 0.317 e. The first-order chi connectivity index (χ1) is 11.5. The minimum absolute atomic E-state index is 0.0262. The lowest BCUT2D eigenvalue weighted by Crippen LogP contribution is -2.48. The van der Waals surface area contributed by atoms with Crippen LogP contribution in [0.4, 0.5) is 4.79 Å². The highest BCUT2D eigenvalue weighted by Crippen LogP contribution is 2.31. The lowest BCUT2D eigenvalue weighted by molar-refractivity contribution is -0.119. The molecule has 2 aliphatic heterocycles. The number of thiophene rings is 1. The summed E-state index contributed by atoms with van der Waals surface area (Å²) in [6.45, 7) is 8.47. The number of carbonyl (C=O) groups excluding carboxylic acids is 2. The first-order valence-electron chi connectivity index (χ1n) is 8.53. The van der Waals surface area contributed by atoms with Gasteiger partial charge >= 0.3 is 6.03 Å². The van der Waals surface area contributed by atoms with Crippen LogP contribution in [0.1, 0.15) is 25.1 Å². The normalized spacial score (nSPS) is 25.1. The second-order valence-electron chi connectivity index (χ2n) is 7.27. The lowest BCUT2D eigenvalue weighted by atomic mass is 9.86. The molecule has 132 valence electrons. The molecule has 2 N–H and O–H groups in total. The Labute approximate surface area is 147 Å². The van der Waals surface area contributed by atoms with Crippen LogP contribution >= 0.6 is 11.3 Å². The number of rotatable bonds is 3. The first-order valence-corrected chi connectivity index (χ1v) is 9.41. The van der Waals surface area contributed by atoms with Gasteiger partial charge < -0.3 is 15.5 Å². The molecule has 2 fully saturated rings. The van der Waals surface area contributed by atoms with E-state index in [9.17, 15) is 9.59 Å². The highest BCUT2D eigenvalue weighted by molar-refractivity contribution is 7.09. The maximum atomic E-state index is 12.5. The van der Waals surface area contributed by atoms with Crippen LogP contribution in [0.15, 0.2) is 17.5 Å². The number of carbonyl (C=O) groups is 2. The number of urea groups is 1. The van der Waals surface area contributed by atoms with E-state index in [-0.39, 0.29) is 23.4 Å². The van der Waals surface area contributed by atoms with Gasteiger partial charge in [-0.25, -0.2) is 4.79 Å². The van der Waals surface area contributed by atoms with Crippen molar-refractivity contribution in [3.63, 3.8) is 0 Å². The molecule has 0 aromatic carbocycles. The molecule has 1 unspecified atom stereocenters. The summed E-state index contributed by atoms with van der Waals surface area (Å²) in [6, 6.07) is 4.30.